The van der Waals surface area contributed by atoms with Gasteiger partial charge >= 0.3 is 0 Å². The summed E-state index contributed by atoms with van der Waals surface area (Å²) in [5.74, 6) is 0.794. The van der Waals surface area contributed by atoms with E-state index in [-0.39, 0.29) is 0 Å². The summed E-state index contributed by atoms with van der Waals surface area (Å²) in [5.41, 5.74) is 3.32. The molecule has 0 fully saturated rings. The summed E-state index contributed by atoms with van der Waals surface area (Å²) in [7, 11) is 3.60. The monoisotopic (exact) mass is 519 g/mol. The number of amides is 1. The van der Waals surface area contributed by atoms with Crippen molar-refractivity contribution in [3.8, 4) is 11.8 Å². The van der Waals surface area contributed by atoms with Crippen LogP contribution in [-0.4, -0.2) is 25.5 Å². The summed E-state index contributed by atoms with van der Waals surface area (Å²) in [5, 5.41) is 0. The van der Waals surface area contributed by atoms with Crippen LogP contribution in [0.4, 0.5) is 17.1 Å². The van der Waals surface area contributed by atoms with Gasteiger partial charge in [-0.3, -0.25) is 4.79 Å². The zero-order valence-electron chi connectivity index (χ0n) is 15.9. The second-order valence-corrected chi connectivity index (χ2v) is 7.47. The minimum atomic E-state index is 0.363. The Morgan fingerprint density at radius 1 is 1.00 bits per heavy atom. The Bertz CT molecular complexity index is 986. The number of carbonyl (C=O) groups excluding carboxylic acids is 1. The highest BCUT2D eigenvalue weighted by Crippen LogP contribution is 2.39. The molecule has 0 saturated carbocycles. The number of rotatable bonds is 8. The summed E-state index contributed by atoms with van der Waals surface area (Å²) in [6, 6.07) is 19.2. The first-order valence-electron chi connectivity index (χ1n) is 8.71. The summed E-state index contributed by atoms with van der Waals surface area (Å²) < 4.78 is 12.0. The summed E-state index contributed by atoms with van der Waals surface area (Å²) in [6.07, 6.45) is 0.770. The quantitative estimate of drug-likeness (QED) is 0.368. The van der Waals surface area contributed by atoms with Crippen LogP contribution >= 0.6 is 32.2 Å². The second-order valence-electron chi connectivity index (χ2n) is 6.23. The SMILES string of the molecule is CN(C=O)c1cc(Br)ccc1N(C)c1ccc(OBr)nc1OCc1ccccc1. The Labute approximate surface area is 186 Å². The van der Waals surface area contributed by atoms with Gasteiger partial charge in [0.25, 0.3) is 0 Å². The third-order valence-corrected chi connectivity index (χ3v) is 5.14. The number of hydrogen-bond acceptors (Lipinski definition) is 5. The van der Waals surface area contributed by atoms with Gasteiger partial charge in [-0.15, -0.1) is 0 Å². The van der Waals surface area contributed by atoms with Gasteiger partial charge in [0.2, 0.25) is 18.2 Å². The molecule has 0 radical (unpaired) electrons. The van der Waals surface area contributed by atoms with Crippen molar-refractivity contribution in [3.63, 3.8) is 0 Å². The maximum atomic E-state index is 11.4. The van der Waals surface area contributed by atoms with Crippen molar-refractivity contribution in [2.45, 2.75) is 6.61 Å². The lowest BCUT2D eigenvalue weighted by Crippen LogP contribution is -2.19. The topological polar surface area (TPSA) is 54.9 Å². The van der Waals surface area contributed by atoms with Crippen LogP contribution in [0.1, 0.15) is 5.56 Å². The Morgan fingerprint density at radius 2 is 1.72 bits per heavy atom. The van der Waals surface area contributed by atoms with Gasteiger partial charge in [0, 0.05) is 24.6 Å². The fraction of sp³-hybridized carbons (Fsp3) is 0.143. The molecule has 0 atom stereocenters. The second kappa shape index (κ2) is 9.76. The van der Waals surface area contributed by atoms with Crippen molar-refractivity contribution < 1.29 is 13.4 Å². The molecule has 150 valence electrons. The molecule has 0 aliphatic rings. The highest BCUT2D eigenvalue weighted by Gasteiger charge is 2.18. The lowest BCUT2D eigenvalue weighted by atomic mass is 10.2. The Hall–Kier alpha value is -2.58. The van der Waals surface area contributed by atoms with E-state index >= 15 is 0 Å². The van der Waals surface area contributed by atoms with E-state index in [1.165, 1.54) is 4.90 Å². The third kappa shape index (κ3) is 5.07. The van der Waals surface area contributed by atoms with Gasteiger partial charge in [-0.25, -0.2) is 0 Å². The predicted octanol–water partition coefficient (Wildman–Crippen LogP) is 5.47. The van der Waals surface area contributed by atoms with Crippen LogP contribution in [0.3, 0.4) is 0 Å². The van der Waals surface area contributed by atoms with Gasteiger partial charge in [0.05, 0.1) is 11.4 Å². The smallest absolute Gasteiger partial charge is 0.241 e. The first-order valence-corrected chi connectivity index (χ1v) is 10.2. The van der Waals surface area contributed by atoms with Crippen molar-refractivity contribution in [1.82, 2.24) is 4.98 Å². The Kier molecular flexibility index (Phi) is 7.11. The van der Waals surface area contributed by atoms with Crippen molar-refractivity contribution in [2.75, 3.05) is 23.9 Å². The predicted molar refractivity (Wildman–Crippen MR) is 121 cm³/mol. The van der Waals surface area contributed by atoms with E-state index in [0.717, 1.165) is 33.5 Å². The van der Waals surface area contributed by atoms with E-state index in [1.54, 1.807) is 13.1 Å². The van der Waals surface area contributed by atoms with Gasteiger partial charge < -0.3 is 18.4 Å². The molecule has 6 nitrogen and oxygen atoms in total. The van der Waals surface area contributed by atoms with Gasteiger partial charge in [0.1, 0.15) is 12.3 Å². The van der Waals surface area contributed by atoms with Crippen molar-refractivity contribution in [1.29, 1.82) is 0 Å². The standard InChI is InChI=1S/C21H19Br2N3O3/c1-25(14-27)19-12-16(22)8-9-17(19)26(2)18-10-11-20(29-23)24-21(18)28-13-15-6-4-3-5-7-15/h3-12,14H,13H2,1-2H3. The number of halogens is 2. The van der Waals surface area contributed by atoms with E-state index in [1.807, 2.05) is 66.5 Å². The molecule has 0 bridgehead atoms. The molecule has 0 N–H and O–H groups in total. The van der Waals surface area contributed by atoms with Gasteiger partial charge in [-0.2, -0.15) is 4.98 Å². The molecule has 3 rings (SSSR count). The number of nitrogens with zero attached hydrogens (tertiary/aromatic N) is 3. The molecule has 0 aliphatic heterocycles. The zero-order chi connectivity index (χ0) is 20.8. The Morgan fingerprint density at radius 3 is 2.41 bits per heavy atom. The van der Waals surface area contributed by atoms with Crippen LogP contribution in [0, 0.1) is 0 Å². The average molecular weight is 521 g/mol. The summed E-state index contributed by atoms with van der Waals surface area (Å²) in [6.45, 7) is 0.363. The lowest BCUT2D eigenvalue weighted by Gasteiger charge is -2.26. The van der Waals surface area contributed by atoms with E-state index in [0.29, 0.717) is 18.4 Å². The molecule has 8 heteroatoms. The van der Waals surface area contributed by atoms with E-state index in [4.69, 9.17) is 8.57 Å². The summed E-state index contributed by atoms with van der Waals surface area (Å²) in [4.78, 5) is 19.3. The van der Waals surface area contributed by atoms with Crippen LogP contribution in [0.15, 0.2) is 65.1 Å². The number of pyridine rings is 1. The molecule has 1 amide bonds. The molecule has 0 saturated heterocycles. The van der Waals surface area contributed by atoms with Gasteiger partial charge in [0.15, 0.2) is 16.3 Å². The van der Waals surface area contributed by atoms with Crippen LogP contribution in [0.2, 0.25) is 0 Å². The molecular weight excluding hydrogens is 502 g/mol. The number of carbonyl (C=O) groups is 1. The summed E-state index contributed by atoms with van der Waals surface area (Å²) >= 11 is 6.42. The number of hydrogen-bond donors (Lipinski definition) is 0. The fourth-order valence-electron chi connectivity index (χ4n) is 2.80. The van der Waals surface area contributed by atoms with Crippen LogP contribution in [0.25, 0.3) is 0 Å². The minimum absolute atomic E-state index is 0.363. The number of benzene rings is 2. The fourth-order valence-corrected chi connectivity index (χ4v) is 3.33. The Balaban J connectivity index is 1.98. The molecular formula is C21H19Br2N3O3. The minimum Gasteiger partial charge on any atom is -0.471 e. The number of ether oxygens (including phenoxy) is 1. The lowest BCUT2D eigenvalue weighted by molar-refractivity contribution is -0.107. The molecule has 3 aromatic rings. The van der Waals surface area contributed by atoms with Gasteiger partial charge in [-0.1, -0.05) is 46.3 Å². The van der Waals surface area contributed by atoms with Gasteiger partial charge in [-0.05, 0) is 29.8 Å². The molecule has 0 unspecified atom stereocenters. The highest BCUT2D eigenvalue weighted by atomic mass is 79.9. The number of aromatic nitrogens is 1. The zero-order valence-corrected chi connectivity index (χ0v) is 19.1. The van der Waals surface area contributed by atoms with Crippen molar-refractivity contribution in [2.24, 2.45) is 0 Å². The highest BCUT2D eigenvalue weighted by molar-refractivity contribution is 9.10. The molecule has 2 aromatic carbocycles. The maximum absolute atomic E-state index is 11.4. The maximum Gasteiger partial charge on any atom is 0.241 e. The van der Waals surface area contributed by atoms with Crippen LogP contribution < -0.4 is 18.4 Å². The van der Waals surface area contributed by atoms with Crippen LogP contribution in [0.5, 0.6) is 11.8 Å². The van der Waals surface area contributed by atoms with E-state index in [2.05, 4.69) is 37.2 Å². The molecule has 0 aliphatic carbocycles. The first kappa shape index (κ1) is 21.1. The molecule has 1 heterocycles. The van der Waals surface area contributed by atoms with Crippen molar-refractivity contribution in [3.05, 3.63) is 70.7 Å². The van der Waals surface area contributed by atoms with Crippen molar-refractivity contribution >= 4 is 55.7 Å². The third-order valence-electron chi connectivity index (χ3n) is 4.31. The normalized spacial score (nSPS) is 10.3. The van der Waals surface area contributed by atoms with E-state index in [9.17, 15) is 4.79 Å². The average Bonchev–Trinajstić information content (AvgIpc) is 2.77. The van der Waals surface area contributed by atoms with Crippen LogP contribution in [-0.2, 0) is 11.4 Å². The molecule has 0 spiro atoms. The number of anilines is 3. The molecule has 29 heavy (non-hydrogen) atoms. The largest absolute Gasteiger partial charge is 0.471 e. The first-order chi connectivity index (χ1) is 14.0. The van der Waals surface area contributed by atoms with E-state index < -0.39 is 0 Å². The molecule has 1 aromatic heterocycles.